The first-order valence-corrected chi connectivity index (χ1v) is 15.1. The molecule has 4 atom stereocenters. The van der Waals surface area contributed by atoms with Gasteiger partial charge in [-0.1, -0.05) is 41.9 Å². The summed E-state index contributed by atoms with van der Waals surface area (Å²) in [5.74, 6) is -5.42. The highest BCUT2D eigenvalue weighted by Crippen LogP contribution is 2.57. The van der Waals surface area contributed by atoms with E-state index in [9.17, 15) is 28.7 Å². The lowest BCUT2D eigenvalue weighted by molar-refractivity contribution is -0.148. The number of aryl methyl sites for hydroxylation is 2. The molecule has 0 aliphatic carbocycles. The number of hydrogen-bond acceptors (Lipinski definition) is 5. The van der Waals surface area contributed by atoms with Gasteiger partial charge in [0.25, 0.3) is 5.91 Å². The number of anilines is 1. The zero-order valence-electron chi connectivity index (χ0n) is 24.4. The van der Waals surface area contributed by atoms with E-state index in [-0.39, 0.29) is 17.3 Å². The summed E-state index contributed by atoms with van der Waals surface area (Å²) in [5.41, 5.74) is -0.0866. The third kappa shape index (κ3) is 5.53. The minimum atomic E-state index is -1.97. The van der Waals surface area contributed by atoms with Crippen LogP contribution in [0.15, 0.2) is 78.9 Å². The first-order chi connectivity index (χ1) is 20.8. The molecule has 3 aromatic carbocycles. The summed E-state index contributed by atoms with van der Waals surface area (Å²) in [6.45, 7) is 6.53. The SMILES string of the molecule is CC(=O)Nc1ccc(C2C(C(=O)c3cc(C)sc3C)C(c3ccc(Cl)cc3)N(C(=O)c3cccc(F)c3)C2(C)C(=O)O)cc1. The number of nitrogens with zero attached hydrogens (tertiary/aromatic N) is 1. The normalized spacial score (nSPS) is 21.2. The average molecular weight is 633 g/mol. The van der Waals surface area contributed by atoms with Gasteiger partial charge in [-0.2, -0.15) is 0 Å². The number of carboxylic acid groups (broad SMARTS) is 1. The van der Waals surface area contributed by atoms with Crippen LogP contribution in [-0.2, 0) is 9.59 Å². The fraction of sp³-hybridized carbons (Fsp3) is 0.235. The number of ketones is 1. The van der Waals surface area contributed by atoms with E-state index in [1.54, 1.807) is 54.6 Å². The first kappa shape index (κ1) is 31.1. The smallest absolute Gasteiger partial charge is 0.330 e. The Bertz CT molecular complexity index is 1770. The van der Waals surface area contributed by atoms with E-state index in [0.717, 1.165) is 15.8 Å². The molecule has 4 aromatic rings. The maximum atomic E-state index is 14.7. The van der Waals surface area contributed by atoms with Crippen molar-refractivity contribution in [2.45, 2.75) is 45.2 Å². The lowest BCUT2D eigenvalue weighted by Crippen LogP contribution is -2.54. The number of benzene rings is 3. The summed E-state index contributed by atoms with van der Waals surface area (Å²) < 4.78 is 14.4. The number of nitrogens with one attached hydrogen (secondary N) is 1. The molecular formula is C34H30ClFN2O5S. The van der Waals surface area contributed by atoms with Gasteiger partial charge in [-0.15, -0.1) is 11.3 Å². The zero-order valence-corrected chi connectivity index (χ0v) is 26.0. The molecule has 0 radical (unpaired) electrons. The lowest BCUT2D eigenvalue weighted by Gasteiger charge is -2.38. The van der Waals surface area contributed by atoms with Crippen molar-refractivity contribution in [1.29, 1.82) is 0 Å². The van der Waals surface area contributed by atoms with Crippen LogP contribution in [0.2, 0.25) is 5.02 Å². The van der Waals surface area contributed by atoms with Gasteiger partial charge in [-0.3, -0.25) is 14.4 Å². The minimum Gasteiger partial charge on any atom is -0.479 e. The van der Waals surface area contributed by atoms with Crippen LogP contribution in [0.1, 0.15) is 67.4 Å². The van der Waals surface area contributed by atoms with Crippen LogP contribution < -0.4 is 5.32 Å². The molecule has 0 saturated carbocycles. The highest BCUT2D eigenvalue weighted by atomic mass is 35.5. The van der Waals surface area contributed by atoms with Gasteiger partial charge in [0.05, 0.1) is 12.0 Å². The van der Waals surface area contributed by atoms with E-state index in [2.05, 4.69) is 5.32 Å². The van der Waals surface area contributed by atoms with Gasteiger partial charge in [-0.05, 0) is 80.4 Å². The highest BCUT2D eigenvalue weighted by molar-refractivity contribution is 7.12. The number of aliphatic carboxylic acids is 1. The number of hydrogen-bond donors (Lipinski definition) is 2. The third-order valence-corrected chi connectivity index (χ3v) is 9.44. The van der Waals surface area contributed by atoms with Crippen molar-refractivity contribution in [3.05, 3.63) is 122 Å². The van der Waals surface area contributed by atoms with E-state index >= 15 is 0 Å². The molecule has 2 amide bonds. The maximum Gasteiger partial charge on any atom is 0.330 e. The molecule has 10 heteroatoms. The Hall–Kier alpha value is -4.34. The number of likely N-dealkylation sites (tertiary alicyclic amines) is 1. The number of carboxylic acids is 1. The minimum absolute atomic E-state index is 0.0492. The highest BCUT2D eigenvalue weighted by Gasteiger charge is 2.65. The van der Waals surface area contributed by atoms with Gasteiger partial charge in [0.15, 0.2) is 5.78 Å². The second-order valence-electron chi connectivity index (χ2n) is 11.1. The fourth-order valence-electron chi connectivity index (χ4n) is 6.34. The third-order valence-electron chi connectivity index (χ3n) is 8.22. The van der Waals surface area contributed by atoms with E-state index in [4.69, 9.17) is 11.6 Å². The van der Waals surface area contributed by atoms with E-state index in [0.29, 0.717) is 27.4 Å². The van der Waals surface area contributed by atoms with Gasteiger partial charge in [0, 0.05) is 44.4 Å². The van der Waals surface area contributed by atoms with Gasteiger partial charge in [0.1, 0.15) is 11.4 Å². The Kier molecular flexibility index (Phi) is 8.46. The van der Waals surface area contributed by atoms with Gasteiger partial charge >= 0.3 is 5.97 Å². The molecule has 226 valence electrons. The number of rotatable bonds is 7. The molecule has 2 N–H and O–H groups in total. The van der Waals surface area contributed by atoms with Crippen LogP contribution in [0.25, 0.3) is 0 Å². The van der Waals surface area contributed by atoms with Crippen molar-refractivity contribution < 1.29 is 28.7 Å². The standard InChI is InChI=1S/C34H30ClFN2O5S/c1-18-16-27(19(2)44-18)31(40)28-29(21-10-14-26(15-11-21)37-20(3)39)34(4,33(42)43)38(30(28)22-8-12-24(35)13-9-22)32(41)23-6-5-7-25(36)17-23/h5-17,28-30H,1-4H3,(H,37,39)(H,42,43). The quantitative estimate of drug-likeness (QED) is 0.206. The summed E-state index contributed by atoms with van der Waals surface area (Å²) in [7, 11) is 0. The van der Waals surface area contributed by atoms with Crippen molar-refractivity contribution in [2.24, 2.45) is 5.92 Å². The van der Waals surface area contributed by atoms with Crippen molar-refractivity contribution in [1.82, 2.24) is 4.90 Å². The van der Waals surface area contributed by atoms with Gasteiger partial charge in [0.2, 0.25) is 5.91 Å². The molecule has 44 heavy (non-hydrogen) atoms. The molecular weight excluding hydrogens is 603 g/mol. The zero-order chi connectivity index (χ0) is 31.9. The van der Waals surface area contributed by atoms with Crippen LogP contribution in [0, 0.1) is 25.6 Å². The molecule has 1 aliphatic heterocycles. The number of thiophene rings is 1. The molecule has 7 nitrogen and oxygen atoms in total. The second kappa shape index (κ2) is 12.0. The topological polar surface area (TPSA) is 104 Å². The van der Waals surface area contributed by atoms with E-state index < -0.39 is 41.1 Å². The molecule has 4 unspecified atom stereocenters. The summed E-state index contributed by atoms with van der Waals surface area (Å²) in [6, 6.07) is 19.0. The van der Waals surface area contributed by atoms with Crippen LogP contribution in [0.4, 0.5) is 10.1 Å². The molecule has 0 bridgehead atoms. The number of carbonyl (C=O) groups excluding carboxylic acids is 3. The Morgan fingerprint density at radius 1 is 0.955 bits per heavy atom. The fourth-order valence-corrected chi connectivity index (χ4v) is 7.40. The molecule has 1 aliphatic rings. The predicted molar refractivity (Wildman–Crippen MR) is 168 cm³/mol. The molecule has 2 heterocycles. The van der Waals surface area contributed by atoms with Crippen LogP contribution in [-0.4, -0.2) is 39.1 Å². The number of Topliss-reactive ketones (excluding diaryl/α,β-unsaturated/α-hetero) is 1. The maximum absolute atomic E-state index is 14.7. The van der Waals surface area contributed by atoms with Crippen LogP contribution in [0.3, 0.4) is 0 Å². The van der Waals surface area contributed by atoms with Crippen molar-refractivity contribution in [2.75, 3.05) is 5.32 Å². The molecule has 1 aromatic heterocycles. The van der Waals surface area contributed by atoms with E-state index in [1.165, 1.54) is 48.3 Å². The largest absolute Gasteiger partial charge is 0.479 e. The van der Waals surface area contributed by atoms with Crippen LogP contribution in [0.5, 0.6) is 0 Å². The Morgan fingerprint density at radius 2 is 1.59 bits per heavy atom. The molecule has 5 rings (SSSR count). The summed E-state index contributed by atoms with van der Waals surface area (Å²) in [6.07, 6.45) is 0. The molecule has 0 spiro atoms. The molecule has 1 fully saturated rings. The Labute approximate surface area is 263 Å². The predicted octanol–water partition coefficient (Wildman–Crippen LogP) is 7.44. The average Bonchev–Trinajstić information content (AvgIpc) is 3.46. The van der Waals surface area contributed by atoms with E-state index in [1.807, 2.05) is 13.8 Å². The van der Waals surface area contributed by atoms with Crippen LogP contribution >= 0.6 is 22.9 Å². The summed E-state index contributed by atoms with van der Waals surface area (Å²) in [5, 5.41) is 14.1. The van der Waals surface area contributed by atoms with Crippen molar-refractivity contribution in [3.63, 3.8) is 0 Å². The monoisotopic (exact) mass is 632 g/mol. The number of halogens is 2. The van der Waals surface area contributed by atoms with Gasteiger partial charge in [-0.25, -0.2) is 9.18 Å². The number of carbonyl (C=O) groups is 4. The lowest BCUT2D eigenvalue weighted by atomic mass is 9.71. The van der Waals surface area contributed by atoms with Crippen molar-refractivity contribution >= 4 is 52.2 Å². The summed E-state index contributed by atoms with van der Waals surface area (Å²) >= 11 is 7.67. The van der Waals surface area contributed by atoms with Crippen molar-refractivity contribution in [3.8, 4) is 0 Å². The molecule has 1 saturated heterocycles. The number of amides is 2. The van der Waals surface area contributed by atoms with Gasteiger partial charge < -0.3 is 15.3 Å². The second-order valence-corrected chi connectivity index (χ2v) is 13.0. The Morgan fingerprint density at radius 3 is 2.14 bits per heavy atom. The summed E-state index contributed by atoms with van der Waals surface area (Å²) in [4.78, 5) is 57.2. The first-order valence-electron chi connectivity index (χ1n) is 13.9. The Balaban J connectivity index is 1.81.